The van der Waals surface area contributed by atoms with Crippen LogP contribution in [-0.2, 0) is 14.2 Å². The number of nitrogens with zero attached hydrogens (tertiary/aromatic N) is 1. The number of fused-ring (bicyclic) bond motifs is 1. The normalized spacial score (nSPS) is 26.4. The number of rotatable bonds is 5. The molecule has 120 valence electrons. The fourth-order valence-electron chi connectivity index (χ4n) is 2.84. The zero-order chi connectivity index (χ0) is 15.7. The van der Waals surface area contributed by atoms with Crippen molar-refractivity contribution in [2.45, 2.75) is 24.7 Å². The summed E-state index contributed by atoms with van der Waals surface area (Å²) in [5.41, 5.74) is 0.428. The lowest BCUT2D eigenvalue weighted by atomic mass is 10.0. The minimum atomic E-state index is -0.444. The average Bonchev–Trinajstić information content (AvgIpc) is 3.11. The molecule has 0 amide bonds. The second-order valence-electron chi connectivity index (χ2n) is 5.15. The predicted octanol–water partition coefficient (Wildman–Crippen LogP) is 1.81. The van der Waals surface area contributed by atoms with Crippen LogP contribution in [0, 0.1) is 10.1 Å². The topological polar surface area (TPSA) is 89.3 Å². The van der Waals surface area contributed by atoms with Gasteiger partial charge in [-0.05, 0) is 6.07 Å². The molecule has 0 saturated carbocycles. The third-order valence-corrected chi connectivity index (χ3v) is 3.90. The summed E-state index contributed by atoms with van der Waals surface area (Å²) >= 11 is 0. The van der Waals surface area contributed by atoms with Crippen LogP contribution in [0.5, 0.6) is 11.5 Å². The van der Waals surface area contributed by atoms with Crippen molar-refractivity contribution < 1.29 is 28.6 Å². The monoisotopic (exact) mass is 311 g/mol. The lowest BCUT2D eigenvalue weighted by Gasteiger charge is -2.16. The van der Waals surface area contributed by atoms with Gasteiger partial charge < -0.3 is 23.7 Å². The molecule has 8 heteroatoms. The smallest absolute Gasteiger partial charge is 0.279 e. The van der Waals surface area contributed by atoms with Gasteiger partial charge in [0.25, 0.3) is 5.69 Å². The van der Waals surface area contributed by atoms with Crippen LogP contribution in [-0.4, -0.2) is 44.8 Å². The van der Waals surface area contributed by atoms with Gasteiger partial charge in [-0.1, -0.05) is 0 Å². The maximum atomic E-state index is 11.3. The summed E-state index contributed by atoms with van der Waals surface area (Å²) < 4.78 is 26.9. The first-order valence-corrected chi connectivity index (χ1v) is 6.89. The summed E-state index contributed by atoms with van der Waals surface area (Å²) in [4.78, 5) is 10.9. The maximum absolute atomic E-state index is 11.3. The Morgan fingerprint density at radius 3 is 2.68 bits per heavy atom. The summed E-state index contributed by atoms with van der Waals surface area (Å²) in [6.45, 7) is 0.432. The molecule has 0 aliphatic carbocycles. The Bertz CT molecular complexity index is 577. The van der Waals surface area contributed by atoms with Gasteiger partial charge in [0.1, 0.15) is 6.10 Å². The van der Waals surface area contributed by atoms with Crippen molar-refractivity contribution in [3.63, 3.8) is 0 Å². The summed E-state index contributed by atoms with van der Waals surface area (Å²) in [6, 6.07) is 3.00. The first kappa shape index (κ1) is 15.0. The van der Waals surface area contributed by atoms with Gasteiger partial charge >= 0.3 is 0 Å². The van der Waals surface area contributed by atoms with Gasteiger partial charge in [0.2, 0.25) is 6.79 Å². The minimum absolute atomic E-state index is 0.0397. The predicted molar refractivity (Wildman–Crippen MR) is 74.1 cm³/mol. The van der Waals surface area contributed by atoms with Gasteiger partial charge in [-0.3, -0.25) is 10.1 Å². The first-order chi connectivity index (χ1) is 10.6. The molecule has 2 heterocycles. The van der Waals surface area contributed by atoms with Crippen molar-refractivity contribution >= 4 is 5.69 Å². The van der Waals surface area contributed by atoms with Gasteiger partial charge in [-0.15, -0.1) is 0 Å². The van der Waals surface area contributed by atoms with Gasteiger partial charge in [-0.2, -0.15) is 0 Å². The largest absolute Gasteiger partial charge is 0.454 e. The van der Waals surface area contributed by atoms with Crippen LogP contribution in [0.1, 0.15) is 18.1 Å². The molecule has 1 aromatic carbocycles. The second kappa shape index (κ2) is 6.07. The fraction of sp³-hybridized carbons (Fsp3) is 0.571. The number of hydrogen-bond acceptors (Lipinski definition) is 7. The van der Waals surface area contributed by atoms with Gasteiger partial charge in [0.05, 0.1) is 35.4 Å². The van der Waals surface area contributed by atoms with E-state index in [0.717, 1.165) is 0 Å². The molecule has 0 radical (unpaired) electrons. The molecule has 0 N–H and O–H groups in total. The highest BCUT2D eigenvalue weighted by molar-refractivity contribution is 5.56. The van der Waals surface area contributed by atoms with Crippen LogP contribution < -0.4 is 9.47 Å². The molecule has 1 aromatic rings. The van der Waals surface area contributed by atoms with Crippen LogP contribution in [0.25, 0.3) is 0 Å². The van der Waals surface area contributed by atoms with E-state index in [4.69, 9.17) is 23.7 Å². The average molecular weight is 311 g/mol. The number of ether oxygens (including phenoxy) is 5. The van der Waals surface area contributed by atoms with Crippen molar-refractivity contribution in [2.75, 3.05) is 27.6 Å². The van der Waals surface area contributed by atoms with E-state index in [-0.39, 0.29) is 24.7 Å². The van der Waals surface area contributed by atoms with E-state index in [2.05, 4.69) is 0 Å². The van der Waals surface area contributed by atoms with E-state index in [9.17, 15) is 10.1 Å². The van der Waals surface area contributed by atoms with E-state index in [0.29, 0.717) is 30.1 Å². The third-order valence-electron chi connectivity index (χ3n) is 3.90. The summed E-state index contributed by atoms with van der Waals surface area (Å²) in [5.74, 6) is 0.874. The molecule has 0 spiro atoms. The highest BCUT2D eigenvalue weighted by Gasteiger charge is 2.40. The standard InChI is InChI=1S/C14H17NO7/c1-18-6-14-11(19-2)5-10(22-14)8-3-12-13(21-7-20-12)4-9(8)15(16)17/h3-4,10-11,14H,5-7H2,1-2H3/t10-,11?,14-/m1/s1. The van der Waals surface area contributed by atoms with Crippen LogP contribution in [0.15, 0.2) is 12.1 Å². The molecule has 3 rings (SSSR count). The number of hydrogen-bond donors (Lipinski definition) is 0. The summed E-state index contributed by atoms with van der Waals surface area (Å²) in [5, 5.41) is 11.3. The van der Waals surface area contributed by atoms with Crippen molar-refractivity contribution in [3.05, 3.63) is 27.8 Å². The quantitative estimate of drug-likeness (QED) is 0.605. The van der Waals surface area contributed by atoms with Crippen LogP contribution in [0.2, 0.25) is 0 Å². The Hall–Kier alpha value is -1.90. The molecule has 22 heavy (non-hydrogen) atoms. The Balaban J connectivity index is 1.92. The zero-order valence-corrected chi connectivity index (χ0v) is 12.3. The van der Waals surface area contributed by atoms with E-state index < -0.39 is 11.0 Å². The number of benzene rings is 1. The van der Waals surface area contributed by atoms with E-state index in [1.807, 2.05) is 0 Å². The minimum Gasteiger partial charge on any atom is -0.454 e. The molecule has 3 atom stereocenters. The number of nitro groups is 1. The highest BCUT2D eigenvalue weighted by Crippen LogP contribution is 2.44. The zero-order valence-electron chi connectivity index (χ0n) is 12.3. The molecule has 1 saturated heterocycles. The summed E-state index contributed by atoms with van der Waals surface area (Å²) in [6.07, 6.45) is -0.356. The van der Waals surface area contributed by atoms with E-state index in [1.165, 1.54) is 6.07 Å². The Kier molecular flexibility index (Phi) is 4.14. The lowest BCUT2D eigenvalue weighted by molar-refractivity contribution is -0.386. The first-order valence-electron chi connectivity index (χ1n) is 6.89. The summed E-state index contributed by atoms with van der Waals surface area (Å²) in [7, 11) is 3.17. The van der Waals surface area contributed by atoms with Gasteiger partial charge in [-0.25, -0.2) is 0 Å². The molecule has 1 unspecified atom stereocenters. The molecule has 8 nitrogen and oxygen atoms in total. The van der Waals surface area contributed by atoms with Gasteiger partial charge in [0.15, 0.2) is 11.5 Å². The number of methoxy groups -OCH3 is 2. The molecular weight excluding hydrogens is 294 g/mol. The van der Waals surface area contributed by atoms with Crippen molar-refractivity contribution in [1.82, 2.24) is 0 Å². The molecule has 0 bridgehead atoms. The Labute approximate surface area is 127 Å². The Morgan fingerprint density at radius 1 is 1.32 bits per heavy atom. The highest BCUT2D eigenvalue weighted by atomic mass is 16.7. The van der Waals surface area contributed by atoms with E-state index in [1.54, 1.807) is 20.3 Å². The van der Waals surface area contributed by atoms with Gasteiger partial charge in [0, 0.05) is 20.6 Å². The van der Waals surface area contributed by atoms with Crippen LogP contribution in [0.3, 0.4) is 0 Å². The van der Waals surface area contributed by atoms with Crippen molar-refractivity contribution in [3.8, 4) is 11.5 Å². The van der Waals surface area contributed by atoms with E-state index >= 15 is 0 Å². The SMILES string of the molecule is COC[C@H]1O[C@@H](c2cc3c(cc2[N+](=O)[O-])OCO3)CC1OC. The maximum Gasteiger partial charge on any atom is 0.279 e. The fourth-order valence-corrected chi connectivity index (χ4v) is 2.84. The van der Waals surface area contributed by atoms with Crippen molar-refractivity contribution in [2.24, 2.45) is 0 Å². The van der Waals surface area contributed by atoms with Crippen LogP contribution in [0.4, 0.5) is 5.69 Å². The van der Waals surface area contributed by atoms with Crippen molar-refractivity contribution in [1.29, 1.82) is 0 Å². The third kappa shape index (κ3) is 2.60. The molecule has 2 aliphatic heterocycles. The Morgan fingerprint density at radius 2 is 2.05 bits per heavy atom. The molecule has 2 aliphatic rings. The molecule has 1 fully saturated rings. The molecule has 0 aromatic heterocycles. The number of nitro benzene ring substituents is 1. The lowest BCUT2D eigenvalue weighted by Crippen LogP contribution is -2.27. The van der Waals surface area contributed by atoms with Crippen LogP contribution >= 0.6 is 0 Å². The second-order valence-corrected chi connectivity index (χ2v) is 5.15. The molecular formula is C14H17NO7.